The van der Waals surface area contributed by atoms with Gasteiger partial charge in [-0.05, 0) is 25.5 Å². The van der Waals surface area contributed by atoms with Crippen LogP contribution in [0.1, 0.15) is 18.9 Å². The van der Waals surface area contributed by atoms with Crippen molar-refractivity contribution in [2.24, 2.45) is 0 Å². The molecule has 0 saturated carbocycles. The van der Waals surface area contributed by atoms with Crippen molar-refractivity contribution in [3.05, 3.63) is 33.9 Å². The molecule has 8 heteroatoms. The highest BCUT2D eigenvalue weighted by Gasteiger charge is 2.38. The number of anilines is 1. The average molecular weight is 292 g/mol. The van der Waals surface area contributed by atoms with Crippen molar-refractivity contribution in [1.29, 1.82) is 0 Å². The van der Waals surface area contributed by atoms with Gasteiger partial charge in [0.15, 0.2) is 0 Å². The highest BCUT2D eigenvalue weighted by Crippen LogP contribution is 2.38. The van der Waals surface area contributed by atoms with E-state index in [0.717, 1.165) is 12.1 Å². The third-order valence-corrected chi connectivity index (χ3v) is 2.82. The summed E-state index contributed by atoms with van der Waals surface area (Å²) in [7, 11) is 0. The molecule has 0 aliphatic heterocycles. The fourth-order valence-corrected chi connectivity index (χ4v) is 1.84. The van der Waals surface area contributed by atoms with Gasteiger partial charge in [0.25, 0.3) is 5.69 Å². The molecule has 1 aromatic rings. The normalized spacial score (nSPS) is 11.4. The Hall–Kier alpha value is -1.83. The Bertz CT molecular complexity index is 478. The van der Waals surface area contributed by atoms with Crippen molar-refractivity contribution >= 4 is 11.4 Å². The molecule has 0 spiro atoms. The molecule has 0 aliphatic carbocycles. The molecule has 1 rings (SSSR count). The van der Waals surface area contributed by atoms with Crippen LogP contribution < -0.4 is 4.90 Å². The number of rotatable bonds is 6. The SMILES string of the molecule is CCN(CCCO)c1ccc([N+](=O)[O-])c(C(F)(F)F)c1. The van der Waals surface area contributed by atoms with Gasteiger partial charge in [-0.3, -0.25) is 10.1 Å². The van der Waals surface area contributed by atoms with E-state index in [2.05, 4.69) is 0 Å². The number of nitro benzene ring substituents is 1. The Labute approximate surface area is 113 Å². The predicted molar refractivity (Wildman–Crippen MR) is 67.7 cm³/mol. The minimum Gasteiger partial charge on any atom is -0.396 e. The van der Waals surface area contributed by atoms with E-state index in [0.29, 0.717) is 19.5 Å². The van der Waals surface area contributed by atoms with Gasteiger partial charge in [-0.25, -0.2) is 0 Å². The topological polar surface area (TPSA) is 66.6 Å². The lowest BCUT2D eigenvalue weighted by atomic mass is 10.1. The number of nitro groups is 1. The van der Waals surface area contributed by atoms with Crippen LogP contribution in [0.3, 0.4) is 0 Å². The molecule has 0 radical (unpaired) electrons. The molecule has 20 heavy (non-hydrogen) atoms. The second-order valence-corrected chi connectivity index (χ2v) is 4.11. The van der Waals surface area contributed by atoms with Gasteiger partial charge in [0, 0.05) is 31.5 Å². The minimum atomic E-state index is -4.78. The van der Waals surface area contributed by atoms with E-state index < -0.39 is 22.4 Å². The molecule has 0 atom stereocenters. The van der Waals surface area contributed by atoms with Crippen LogP contribution in [0, 0.1) is 10.1 Å². The van der Waals surface area contributed by atoms with Crippen molar-refractivity contribution in [1.82, 2.24) is 0 Å². The largest absolute Gasteiger partial charge is 0.423 e. The molecular formula is C12H15F3N2O3. The van der Waals surface area contributed by atoms with Crippen molar-refractivity contribution in [3.8, 4) is 0 Å². The molecule has 0 aromatic heterocycles. The Balaban J connectivity index is 3.21. The first kappa shape index (κ1) is 16.2. The van der Waals surface area contributed by atoms with E-state index in [1.807, 2.05) is 0 Å². The molecule has 1 aromatic carbocycles. The van der Waals surface area contributed by atoms with E-state index >= 15 is 0 Å². The summed E-state index contributed by atoms with van der Waals surface area (Å²) in [6.45, 7) is 2.50. The van der Waals surface area contributed by atoms with Gasteiger partial charge in [0.2, 0.25) is 0 Å². The molecule has 0 amide bonds. The fourth-order valence-electron chi connectivity index (χ4n) is 1.84. The van der Waals surface area contributed by atoms with E-state index in [1.165, 1.54) is 6.07 Å². The molecule has 0 fully saturated rings. The Morgan fingerprint density at radius 2 is 2.05 bits per heavy atom. The molecule has 0 aliphatic rings. The summed E-state index contributed by atoms with van der Waals surface area (Å²) in [5.41, 5.74) is -1.97. The van der Waals surface area contributed by atoms with Crippen molar-refractivity contribution in [2.75, 3.05) is 24.6 Å². The number of aliphatic hydroxyl groups excluding tert-OH is 1. The molecule has 0 heterocycles. The monoisotopic (exact) mass is 292 g/mol. The van der Waals surface area contributed by atoms with Gasteiger partial charge >= 0.3 is 6.18 Å². The third-order valence-electron chi connectivity index (χ3n) is 2.82. The van der Waals surface area contributed by atoms with Crippen LogP contribution in [0.4, 0.5) is 24.5 Å². The van der Waals surface area contributed by atoms with Crippen molar-refractivity contribution in [2.45, 2.75) is 19.5 Å². The first-order valence-corrected chi connectivity index (χ1v) is 6.02. The number of halogens is 3. The van der Waals surface area contributed by atoms with Gasteiger partial charge in [0.05, 0.1) is 4.92 Å². The highest BCUT2D eigenvalue weighted by molar-refractivity contribution is 5.56. The van der Waals surface area contributed by atoms with Gasteiger partial charge in [-0.1, -0.05) is 0 Å². The van der Waals surface area contributed by atoms with Crippen LogP contribution in [-0.4, -0.2) is 29.7 Å². The first-order valence-electron chi connectivity index (χ1n) is 6.02. The maximum atomic E-state index is 12.8. The predicted octanol–water partition coefficient (Wildman–Crippen LogP) is 2.82. The van der Waals surface area contributed by atoms with E-state index in [4.69, 9.17) is 5.11 Å². The van der Waals surface area contributed by atoms with Crippen molar-refractivity contribution < 1.29 is 23.2 Å². The van der Waals surface area contributed by atoms with E-state index in [1.54, 1.807) is 11.8 Å². The fraction of sp³-hybridized carbons (Fsp3) is 0.500. The summed E-state index contributed by atoms with van der Waals surface area (Å²) in [5, 5.41) is 19.4. The molecule has 0 bridgehead atoms. The Kier molecular flexibility index (Phi) is 5.32. The molecule has 112 valence electrons. The number of hydrogen-bond donors (Lipinski definition) is 1. The maximum Gasteiger partial charge on any atom is 0.423 e. The summed E-state index contributed by atoms with van der Waals surface area (Å²) in [6, 6.07) is 2.92. The lowest BCUT2D eigenvalue weighted by molar-refractivity contribution is -0.388. The Morgan fingerprint density at radius 3 is 2.50 bits per heavy atom. The standard InChI is InChI=1S/C12H15F3N2O3/c1-2-16(6-3-7-18)9-4-5-11(17(19)20)10(8-9)12(13,14)15/h4-5,8,18H,2-3,6-7H2,1H3. The lowest BCUT2D eigenvalue weighted by Crippen LogP contribution is -2.25. The Morgan fingerprint density at radius 1 is 1.40 bits per heavy atom. The lowest BCUT2D eigenvalue weighted by Gasteiger charge is -2.23. The van der Waals surface area contributed by atoms with Gasteiger partial charge < -0.3 is 10.0 Å². The van der Waals surface area contributed by atoms with Gasteiger partial charge in [0.1, 0.15) is 5.56 Å². The smallest absolute Gasteiger partial charge is 0.396 e. The number of alkyl halides is 3. The summed E-state index contributed by atoms with van der Waals surface area (Å²) < 4.78 is 38.5. The zero-order valence-corrected chi connectivity index (χ0v) is 10.9. The quantitative estimate of drug-likeness (QED) is 0.646. The zero-order chi connectivity index (χ0) is 15.3. The van der Waals surface area contributed by atoms with Crippen LogP contribution in [0.25, 0.3) is 0 Å². The van der Waals surface area contributed by atoms with Crippen LogP contribution in [0.5, 0.6) is 0 Å². The molecule has 1 N–H and O–H groups in total. The minimum absolute atomic E-state index is 0.0738. The second-order valence-electron chi connectivity index (χ2n) is 4.11. The molecule has 0 unspecified atom stereocenters. The zero-order valence-electron chi connectivity index (χ0n) is 10.9. The first-order chi connectivity index (χ1) is 9.31. The molecule has 0 saturated heterocycles. The van der Waals surface area contributed by atoms with Crippen LogP contribution in [0.15, 0.2) is 18.2 Å². The number of hydrogen-bond acceptors (Lipinski definition) is 4. The second kappa shape index (κ2) is 6.56. The van der Waals surface area contributed by atoms with Crippen LogP contribution in [0.2, 0.25) is 0 Å². The number of benzene rings is 1. The van der Waals surface area contributed by atoms with Gasteiger partial charge in [-0.15, -0.1) is 0 Å². The molecular weight excluding hydrogens is 277 g/mol. The summed E-state index contributed by atoms with van der Waals surface area (Å²) >= 11 is 0. The number of nitrogens with zero attached hydrogens (tertiary/aromatic N) is 2. The maximum absolute atomic E-state index is 12.8. The average Bonchev–Trinajstić information content (AvgIpc) is 2.38. The van der Waals surface area contributed by atoms with Crippen LogP contribution >= 0.6 is 0 Å². The summed E-state index contributed by atoms with van der Waals surface area (Å²) in [6.07, 6.45) is -4.37. The highest BCUT2D eigenvalue weighted by atomic mass is 19.4. The van der Waals surface area contributed by atoms with Gasteiger partial charge in [-0.2, -0.15) is 13.2 Å². The summed E-state index contributed by atoms with van der Waals surface area (Å²) in [5.74, 6) is 0. The van der Waals surface area contributed by atoms with E-state index in [-0.39, 0.29) is 12.3 Å². The third kappa shape index (κ3) is 3.83. The van der Waals surface area contributed by atoms with E-state index in [9.17, 15) is 23.3 Å². The number of aliphatic hydroxyl groups is 1. The van der Waals surface area contributed by atoms with Crippen molar-refractivity contribution in [3.63, 3.8) is 0 Å². The molecule has 5 nitrogen and oxygen atoms in total. The summed E-state index contributed by atoms with van der Waals surface area (Å²) in [4.78, 5) is 11.2. The van der Waals surface area contributed by atoms with Crippen LogP contribution in [-0.2, 0) is 6.18 Å².